The number of carbonyl (C=O) groups is 6. The molecule has 9 unspecified atom stereocenters. The number of esters is 5. The second-order valence-electron chi connectivity index (χ2n) is 15.3. The number of hydrogen-bond acceptors (Lipinski definition) is 13. The Morgan fingerprint density at radius 3 is 2.12 bits per heavy atom. The maximum atomic E-state index is 15.2. The molecule has 2 saturated carbocycles. The first kappa shape index (κ1) is 38.7. The number of furan rings is 1. The first-order valence-corrected chi connectivity index (χ1v) is 17.4. The van der Waals surface area contributed by atoms with Crippen molar-refractivity contribution in [2.75, 3.05) is 7.11 Å². The summed E-state index contributed by atoms with van der Waals surface area (Å²) in [5, 5.41) is 13.2. The van der Waals surface area contributed by atoms with E-state index in [1.165, 1.54) is 45.6 Å². The van der Waals surface area contributed by atoms with Crippen LogP contribution in [0.15, 0.2) is 57.5 Å². The van der Waals surface area contributed by atoms with Crippen molar-refractivity contribution in [1.82, 2.24) is 0 Å². The summed E-state index contributed by atoms with van der Waals surface area (Å²) >= 11 is 0. The van der Waals surface area contributed by atoms with E-state index in [1.54, 1.807) is 40.7 Å². The van der Waals surface area contributed by atoms with Crippen molar-refractivity contribution in [2.45, 2.75) is 112 Å². The van der Waals surface area contributed by atoms with Crippen molar-refractivity contribution < 1.29 is 62.0 Å². The molecule has 13 heteroatoms. The highest BCUT2D eigenvalue weighted by Crippen LogP contribution is 2.69. The van der Waals surface area contributed by atoms with Gasteiger partial charge >= 0.3 is 29.8 Å². The monoisotopic (exact) mass is 724 g/mol. The molecule has 0 radical (unpaired) electrons. The summed E-state index contributed by atoms with van der Waals surface area (Å²) in [6, 6.07) is 1.64. The van der Waals surface area contributed by atoms with Crippen molar-refractivity contribution >= 4 is 35.6 Å². The number of fused-ring (bicyclic) bond motifs is 5. The van der Waals surface area contributed by atoms with Crippen molar-refractivity contribution in [1.29, 1.82) is 0 Å². The molecule has 1 aromatic rings. The number of rotatable bonds is 8. The number of Topliss-reactive ketones (excluding diaryl/α,β-unsaturated/α-hetero) is 1. The van der Waals surface area contributed by atoms with E-state index in [4.69, 9.17) is 28.1 Å². The quantitative estimate of drug-likeness (QED) is 0.167. The van der Waals surface area contributed by atoms with Gasteiger partial charge in [-0.15, -0.1) is 0 Å². The number of cyclic esters (lactones) is 1. The first-order valence-electron chi connectivity index (χ1n) is 17.4. The average molecular weight is 725 g/mol. The van der Waals surface area contributed by atoms with Crippen molar-refractivity contribution in [2.24, 2.45) is 28.1 Å². The van der Waals surface area contributed by atoms with Gasteiger partial charge in [0.1, 0.15) is 12.2 Å². The van der Waals surface area contributed by atoms with Gasteiger partial charge in [0.05, 0.1) is 19.6 Å². The molecule has 1 N–H and O–H groups in total. The SMILES string of the molecule is CC=C(C)C(=O)OC1C(=O)OC(c2ccoc2)C2(C)CCC3C(=C12)C(OC(C)=O)C1(O)C(=O)C3(C)C(CC(=O)OC)C(C)(C)C1OC(=O)C(C)=CC. The van der Waals surface area contributed by atoms with E-state index in [2.05, 4.69) is 0 Å². The van der Waals surface area contributed by atoms with E-state index >= 15 is 4.79 Å². The molecule has 2 bridgehead atoms. The largest absolute Gasteiger partial charge is 0.472 e. The fourth-order valence-corrected chi connectivity index (χ4v) is 9.36. The summed E-state index contributed by atoms with van der Waals surface area (Å²) in [4.78, 5) is 82.5. The van der Waals surface area contributed by atoms with E-state index in [-0.39, 0.29) is 41.6 Å². The smallest absolute Gasteiger partial charge is 0.352 e. The Balaban J connectivity index is 1.92. The zero-order chi connectivity index (χ0) is 38.7. The molecular weight excluding hydrogens is 676 g/mol. The highest BCUT2D eigenvalue weighted by atomic mass is 16.6. The van der Waals surface area contributed by atoms with Gasteiger partial charge in [-0.2, -0.15) is 0 Å². The lowest BCUT2D eigenvalue weighted by molar-refractivity contribution is -0.257. The van der Waals surface area contributed by atoms with E-state index < -0.39 is 93.7 Å². The van der Waals surface area contributed by atoms with Crippen molar-refractivity contribution in [3.05, 3.63) is 58.6 Å². The number of aliphatic hydroxyl groups is 1. The average Bonchev–Trinajstić information content (AvgIpc) is 3.64. The maximum absolute atomic E-state index is 15.2. The second-order valence-corrected chi connectivity index (χ2v) is 15.3. The van der Waals surface area contributed by atoms with Gasteiger partial charge in [0.25, 0.3) is 0 Å². The third-order valence-electron chi connectivity index (χ3n) is 12.2. The normalized spacial score (nSPS) is 35.4. The Labute approximate surface area is 302 Å². The molecule has 9 atom stereocenters. The summed E-state index contributed by atoms with van der Waals surface area (Å²) in [5.74, 6) is -6.68. The summed E-state index contributed by atoms with van der Waals surface area (Å²) in [7, 11) is 1.22. The lowest BCUT2D eigenvalue weighted by Crippen LogP contribution is -2.80. The number of ketones is 1. The minimum atomic E-state index is -2.74. The van der Waals surface area contributed by atoms with Crippen LogP contribution in [0.25, 0.3) is 0 Å². The van der Waals surface area contributed by atoms with Crippen LogP contribution in [0.5, 0.6) is 0 Å². The number of allylic oxidation sites excluding steroid dienone is 2. The fraction of sp³-hybridized carbons (Fsp3) is 0.590. The topological polar surface area (TPSA) is 182 Å². The maximum Gasteiger partial charge on any atom is 0.352 e. The Hall–Kier alpha value is -4.52. The Morgan fingerprint density at radius 2 is 1.58 bits per heavy atom. The molecule has 282 valence electrons. The molecule has 13 nitrogen and oxygen atoms in total. The summed E-state index contributed by atoms with van der Waals surface area (Å²) in [6.45, 7) is 14.2. The highest BCUT2D eigenvalue weighted by molar-refractivity contribution is 6.00. The van der Waals surface area contributed by atoms with Crippen LogP contribution in [0.1, 0.15) is 93.2 Å². The predicted octanol–water partition coefficient (Wildman–Crippen LogP) is 4.82. The third kappa shape index (κ3) is 5.62. The number of carbonyl (C=O) groups excluding carboxylic acids is 6. The molecule has 52 heavy (non-hydrogen) atoms. The van der Waals surface area contributed by atoms with E-state index in [1.807, 2.05) is 6.92 Å². The molecule has 0 amide bonds. The van der Waals surface area contributed by atoms with Gasteiger partial charge in [0.2, 0.25) is 11.7 Å². The van der Waals surface area contributed by atoms with Crippen LogP contribution in [-0.2, 0) is 52.5 Å². The molecule has 4 aliphatic rings. The second kappa shape index (κ2) is 13.5. The number of ether oxygens (including phenoxy) is 5. The van der Waals surface area contributed by atoms with Gasteiger partial charge in [-0.05, 0) is 69.6 Å². The van der Waals surface area contributed by atoms with Crippen LogP contribution in [0.4, 0.5) is 0 Å². The van der Waals surface area contributed by atoms with Gasteiger partial charge in [-0.25, -0.2) is 14.4 Å². The van der Waals surface area contributed by atoms with Crippen molar-refractivity contribution in [3.63, 3.8) is 0 Å². The van der Waals surface area contributed by atoms with E-state index in [0.717, 1.165) is 6.92 Å². The van der Waals surface area contributed by atoms with Gasteiger partial charge in [-0.1, -0.05) is 39.8 Å². The van der Waals surface area contributed by atoms with Gasteiger partial charge in [0, 0.05) is 46.3 Å². The van der Waals surface area contributed by atoms with Crippen LogP contribution < -0.4 is 0 Å². The van der Waals surface area contributed by atoms with Crippen LogP contribution >= 0.6 is 0 Å². The lowest BCUT2D eigenvalue weighted by Gasteiger charge is -2.67. The molecular formula is C39H48O13. The number of methoxy groups -OCH3 is 1. The van der Waals surface area contributed by atoms with Crippen LogP contribution in [0, 0.1) is 28.1 Å². The first-order chi connectivity index (χ1) is 24.3. The highest BCUT2D eigenvalue weighted by Gasteiger charge is 2.79. The molecule has 3 fully saturated rings. The van der Waals surface area contributed by atoms with Crippen LogP contribution in [0.3, 0.4) is 0 Å². The Kier molecular flexibility index (Phi) is 10.0. The molecule has 5 rings (SSSR count). The number of hydrogen-bond donors (Lipinski definition) is 1. The molecule has 0 spiro atoms. The molecule has 0 aromatic carbocycles. The van der Waals surface area contributed by atoms with Crippen molar-refractivity contribution in [3.8, 4) is 0 Å². The van der Waals surface area contributed by atoms with Crippen LogP contribution in [-0.4, -0.2) is 71.8 Å². The zero-order valence-electron chi connectivity index (χ0n) is 31.3. The van der Waals surface area contributed by atoms with Gasteiger partial charge in [-0.3, -0.25) is 14.4 Å². The molecule has 1 aliphatic heterocycles. The minimum Gasteiger partial charge on any atom is -0.472 e. The van der Waals surface area contributed by atoms with E-state index in [9.17, 15) is 29.1 Å². The zero-order valence-corrected chi connectivity index (χ0v) is 31.3. The summed E-state index contributed by atoms with van der Waals surface area (Å²) in [5.41, 5.74) is -5.57. The summed E-state index contributed by atoms with van der Waals surface area (Å²) < 4.78 is 34.4. The molecule has 1 aromatic heterocycles. The minimum absolute atomic E-state index is 0.170. The standard InChI is InChI=1S/C39H48O13/c1-11-19(3)31(42)50-28-27-26-23(13-15-37(27,8)29(51-33(28)44)22-14-16-48-18-22)38(9)24(17-25(41)47-10)36(6,7)35(52-32(43)20(4)12-2)39(46,34(38)45)30(26)49-21(5)40/h11-12,14,16,18,23-24,28-30,35,46H,13,15,17H2,1-10H3. The van der Waals surface area contributed by atoms with Gasteiger partial charge < -0.3 is 33.2 Å². The third-order valence-corrected chi connectivity index (χ3v) is 12.2. The lowest BCUT2D eigenvalue weighted by atomic mass is 9.38. The Bertz CT molecular complexity index is 1780. The fourth-order valence-electron chi connectivity index (χ4n) is 9.36. The van der Waals surface area contributed by atoms with Crippen LogP contribution in [0.2, 0.25) is 0 Å². The van der Waals surface area contributed by atoms with Gasteiger partial charge in [0.15, 0.2) is 11.9 Å². The van der Waals surface area contributed by atoms with E-state index in [0.29, 0.717) is 5.56 Å². The summed E-state index contributed by atoms with van der Waals surface area (Å²) in [6.07, 6.45) is -0.0765. The molecule has 3 aliphatic carbocycles. The molecule has 2 heterocycles. The predicted molar refractivity (Wildman–Crippen MR) is 182 cm³/mol. The Morgan fingerprint density at radius 1 is 0.962 bits per heavy atom. The molecule has 1 saturated heterocycles.